The highest BCUT2D eigenvalue weighted by molar-refractivity contribution is 7.16. The molecule has 1 atom stereocenters. The molecule has 0 bridgehead atoms. The number of carbonyl (C=O) groups excluding carboxylic acids is 1. The van der Waals surface area contributed by atoms with Gasteiger partial charge in [0.25, 0.3) is 0 Å². The molecule has 1 amide bonds. The second-order valence-corrected chi connectivity index (χ2v) is 7.11. The van der Waals surface area contributed by atoms with E-state index in [1.165, 1.54) is 0 Å². The number of likely N-dealkylation sites (tertiary alicyclic amines) is 1. The Hall–Kier alpha value is -1.33. The molecule has 1 aliphatic heterocycles. The Morgan fingerprint density at radius 3 is 3.10 bits per heavy atom. The van der Waals surface area contributed by atoms with Crippen LogP contribution < -0.4 is 0 Å². The third-order valence-corrected chi connectivity index (χ3v) is 5.07. The van der Waals surface area contributed by atoms with Gasteiger partial charge < -0.3 is 9.42 Å². The van der Waals surface area contributed by atoms with Gasteiger partial charge in [-0.2, -0.15) is 0 Å². The quantitative estimate of drug-likeness (QED) is 0.854. The van der Waals surface area contributed by atoms with Crippen molar-refractivity contribution in [1.82, 2.24) is 10.1 Å². The van der Waals surface area contributed by atoms with Crippen LogP contribution in [-0.4, -0.2) is 22.5 Å². The van der Waals surface area contributed by atoms with Gasteiger partial charge in [-0.25, -0.2) is 0 Å². The number of rotatable bonds is 4. The number of aryl methyl sites for hydroxylation is 2. The van der Waals surface area contributed by atoms with E-state index in [9.17, 15) is 4.79 Å². The summed E-state index contributed by atoms with van der Waals surface area (Å²) in [6.07, 6.45) is 3.25. The highest BCUT2D eigenvalue weighted by atomic mass is 35.5. The molecule has 3 rings (SSSR count). The van der Waals surface area contributed by atoms with Gasteiger partial charge in [-0.3, -0.25) is 4.79 Å². The summed E-state index contributed by atoms with van der Waals surface area (Å²) in [6.45, 7) is 2.68. The van der Waals surface area contributed by atoms with E-state index in [1.54, 1.807) is 11.3 Å². The topological polar surface area (TPSA) is 46.3 Å². The smallest absolute Gasteiger partial charge is 0.223 e. The fraction of sp³-hybridized carbons (Fsp3) is 0.467. The van der Waals surface area contributed by atoms with E-state index in [2.05, 4.69) is 5.16 Å². The molecule has 2 aromatic rings. The summed E-state index contributed by atoms with van der Waals surface area (Å²) >= 11 is 7.45. The number of amides is 1. The van der Waals surface area contributed by atoms with Crippen molar-refractivity contribution in [3.8, 4) is 0 Å². The van der Waals surface area contributed by atoms with Gasteiger partial charge in [0.15, 0.2) is 0 Å². The molecule has 0 radical (unpaired) electrons. The highest BCUT2D eigenvalue weighted by Crippen LogP contribution is 2.32. The average Bonchev–Trinajstić information content (AvgIpc) is 3.16. The summed E-state index contributed by atoms with van der Waals surface area (Å²) in [7, 11) is 0. The lowest BCUT2D eigenvalue weighted by molar-refractivity contribution is -0.132. The van der Waals surface area contributed by atoms with E-state index in [-0.39, 0.29) is 11.9 Å². The molecule has 112 valence electrons. The average molecular weight is 325 g/mol. The molecule has 1 aliphatic rings. The summed E-state index contributed by atoms with van der Waals surface area (Å²) < 4.78 is 5.91. The Morgan fingerprint density at radius 1 is 1.57 bits per heavy atom. The van der Waals surface area contributed by atoms with Crippen LogP contribution in [0.1, 0.15) is 41.6 Å². The van der Waals surface area contributed by atoms with Crippen LogP contribution in [0.25, 0.3) is 0 Å². The maximum Gasteiger partial charge on any atom is 0.223 e. The molecule has 0 aliphatic carbocycles. The third-order valence-electron chi connectivity index (χ3n) is 3.77. The van der Waals surface area contributed by atoms with Crippen LogP contribution in [0.3, 0.4) is 0 Å². The lowest BCUT2D eigenvalue weighted by atomic mass is 10.1. The van der Waals surface area contributed by atoms with Crippen LogP contribution in [0.4, 0.5) is 0 Å². The standard InChI is InChI=1S/C15H17ClN2O2S/c1-10-9-12(17-20-10)13-3-2-8-18(13)15(19)7-5-11-4-6-14(16)21-11/h4,6,9,13H,2-3,5,7-8H2,1H3. The van der Waals surface area contributed by atoms with Gasteiger partial charge in [0.05, 0.1) is 10.4 Å². The molecule has 1 unspecified atom stereocenters. The predicted octanol–water partition coefficient (Wildman–Crippen LogP) is 3.99. The summed E-state index contributed by atoms with van der Waals surface area (Å²) in [5, 5.41) is 4.07. The van der Waals surface area contributed by atoms with E-state index in [0.717, 1.165) is 46.5 Å². The molecule has 2 aromatic heterocycles. The first-order valence-corrected chi connectivity index (χ1v) is 8.30. The van der Waals surface area contributed by atoms with Gasteiger partial charge in [-0.05, 0) is 38.3 Å². The minimum Gasteiger partial charge on any atom is -0.361 e. The second kappa shape index (κ2) is 6.20. The molecule has 6 heteroatoms. The van der Waals surface area contributed by atoms with Crippen molar-refractivity contribution in [3.05, 3.63) is 38.9 Å². The van der Waals surface area contributed by atoms with Gasteiger partial charge >= 0.3 is 0 Å². The lowest BCUT2D eigenvalue weighted by Crippen LogP contribution is -2.30. The molecule has 0 saturated carbocycles. The van der Waals surface area contributed by atoms with E-state index < -0.39 is 0 Å². The first kappa shape index (κ1) is 14.6. The van der Waals surface area contributed by atoms with Crippen LogP contribution in [0.15, 0.2) is 22.7 Å². The minimum absolute atomic E-state index is 0.0712. The Bertz CT molecular complexity index is 637. The number of carbonyl (C=O) groups is 1. The lowest BCUT2D eigenvalue weighted by Gasteiger charge is -2.22. The van der Waals surface area contributed by atoms with E-state index in [1.807, 2.05) is 30.0 Å². The zero-order chi connectivity index (χ0) is 14.8. The maximum absolute atomic E-state index is 12.5. The minimum atomic E-state index is 0.0712. The van der Waals surface area contributed by atoms with Crippen molar-refractivity contribution in [2.24, 2.45) is 0 Å². The first-order chi connectivity index (χ1) is 10.1. The summed E-state index contributed by atoms with van der Waals surface area (Å²) in [6, 6.07) is 5.86. The summed E-state index contributed by atoms with van der Waals surface area (Å²) in [4.78, 5) is 15.5. The van der Waals surface area contributed by atoms with Crippen LogP contribution in [0.2, 0.25) is 4.34 Å². The Labute approximate surface area is 132 Å². The van der Waals surface area contributed by atoms with Crippen LogP contribution in [0.5, 0.6) is 0 Å². The monoisotopic (exact) mass is 324 g/mol. The zero-order valence-corrected chi connectivity index (χ0v) is 13.4. The summed E-state index contributed by atoms with van der Waals surface area (Å²) in [5.74, 6) is 0.972. The summed E-state index contributed by atoms with van der Waals surface area (Å²) in [5.41, 5.74) is 0.873. The first-order valence-electron chi connectivity index (χ1n) is 7.10. The number of halogens is 1. The fourth-order valence-electron chi connectivity index (χ4n) is 2.78. The SMILES string of the molecule is Cc1cc(C2CCCN2C(=O)CCc2ccc(Cl)s2)no1. The van der Waals surface area contributed by atoms with Crippen molar-refractivity contribution in [1.29, 1.82) is 0 Å². The Morgan fingerprint density at radius 2 is 2.43 bits per heavy atom. The molecule has 1 fully saturated rings. The zero-order valence-electron chi connectivity index (χ0n) is 11.8. The van der Waals surface area contributed by atoms with Gasteiger partial charge in [0.2, 0.25) is 5.91 Å². The number of hydrogen-bond acceptors (Lipinski definition) is 4. The Balaban J connectivity index is 1.63. The number of thiophene rings is 1. The number of hydrogen-bond donors (Lipinski definition) is 0. The molecule has 1 saturated heterocycles. The van der Waals surface area contributed by atoms with Crippen molar-refractivity contribution >= 4 is 28.8 Å². The molecule has 0 N–H and O–H groups in total. The van der Waals surface area contributed by atoms with Gasteiger partial charge in [0, 0.05) is 23.9 Å². The van der Waals surface area contributed by atoms with Crippen LogP contribution >= 0.6 is 22.9 Å². The van der Waals surface area contributed by atoms with Gasteiger partial charge in [-0.15, -0.1) is 11.3 Å². The molecular formula is C15H17ClN2O2S. The van der Waals surface area contributed by atoms with Gasteiger partial charge in [-0.1, -0.05) is 16.8 Å². The maximum atomic E-state index is 12.5. The largest absolute Gasteiger partial charge is 0.361 e. The number of aromatic nitrogens is 1. The van der Waals surface area contributed by atoms with E-state index in [4.69, 9.17) is 16.1 Å². The number of nitrogens with zero attached hydrogens (tertiary/aromatic N) is 2. The third kappa shape index (κ3) is 3.30. The van der Waals surface area contributed by atoms with Crippen molar-refractivity contribution in [3.63, 3.8) is 0 Å². The molecule has 3 heterocycles. The molecule has 0 spiro atoms. The second-order valence-electron chi connectivity index (χ2n) is 5.31. The van der Waals surface area contributed by atoms with Crippen molar-refractivity contribution in [2.45, 2.75) is 38.6 Å². The fourth-order valence-corrected chi connectivity index (χ4v) is 3.86. The van der Waals surface area contributed by atoms with Crippen LogP contribution in [-0.2, 0) is 11.2 Å². The Kier molecular flexibility index (Phi) is 4.31. The predicted molar refractivity (Wildman–Crippen MR) is 82.6 cm³/mol. The molecule has 21 heavy (non-hydrogen) atoms. The normalized spacial score (nSPS) is 18.4. The van der Waals surface area contributed by atoms with Gasteiger partial charge in [0.1, 0.15) is 11.5 Å². The van der Waals surface area contributed by atoms with E-state index in [0.29, 0.717) is 6.42 Å². The van der Waals surface area contributed by atoms with Crippen LogP contribution in [0, 0.1) is 6.92 Å². The van der Waals surface area contributed by atoms with Crippen molar-refractivity contribution in [2.75, 3.05) is 6.54 Å². The van der Waals surface area contributed by atoms with Crippen molar-refractivity contribution < 1.29 is 9.32 Å². The van der Waals surface area contributed by atoms with E-state index >= 15 is 0 Å². The molecular weight excluding hydrogens is 308 g/mol. The molecule has 4 nitrogen and oxygen atoms in total. The molecule has 0 aromatic carbocycles. The highest BCUT2D eigenvalue weighted by Gasteiger charge is 2.31.